The number of aliphatic carboxylic acids is 1. The molecule has 1 aliphatic rings. The van der Waals surface area contributed by atoms with Crippen molar-refractivity contribution in [1.82, 2.24) is 0 Å². The molecule has 1 aliphatic heterocycles. The number of ether oxygens (including phenoxy) is 1. The molecule has 5 heteroatoms. The topological polar surface area (TPSA) is 68.1 Å². The van der Waals surface area contributed by atoms with E-state index in [4.69, 9.17) is 14.7 Å². The maximum Gasteiger partial charge on any atom is 0.351 e. The van der Waals surface area contributed by atoms with E-state index in [2.05, 4.69) is 5.16 Å². The molecule has 96 valence electrons. The summed E-state index contributed by atoms with van der Waals surface area (Å²) in [5.74, 6) is -0.327. The molecule has 0 aromatic heterocycles. The highest BCUT2D eigenvalue weighted by atomic mass is 16.7. The highest BCUT2D eigenvalue weighted by molar-refractivity contribution is 6.06. The molecule has 5 nitrogen and oxygen atoms in total. The maximum absolute atomic E-state index is 11.1. The third kappa shape index (κ3) is 2.16. The number of rotatable bonds is 4. The van der Waals surface area contributed by atoms with Crippen LogP contribution in [-0.4, -0.2) is 29.0 Å². The van der Waals surface area contributed by atoms with Crippen molar-refractivity contribution in [3.05, 3.63) is 29.8 Å². The van der Waals surface area contributed by atoms with Crippen molar-refractivity contribution in [3.63, 3.8) is 0 Å². The minimum atomic E-state index is -1.28. The zero-order chi connectivity index (χ0) is 13.2. The quantitative estimate of drug-likeness (QED) is 0.886. The number of para-hydroxylation sites is 1. The van der Waals surface area contributed by atoms with Crippen molar-refractivity contribution in [1.29, 1.82) is 0 Å². The highest BCUT2D eigenvalue weighted by Crippen LogP contribution is 2.30. The maximum atomic E-state index is 11.1. The van der Waals surface area contributed by atoms with Crippen LogP contribution in [0.1, 0.15) is 25.8 Å². The second-order valence-corrected chi connectivity index (χ2v) is 4.27. The lowest BCUT2D eigenvalue weighted by Gasteiger charge is -2.15. The summed E-state index contributed by atoms with van der Waals surface area (Å²) in [4.78, 5) is 16.1. The number of carboxylic acid groups (broad SMARTS) is 1. The average molecular weight is 249 g/mol. The SMILES string of the molecule is CCOc1ccccc1C1=NO[C@](C)(C(=O)O)C1. The van der Waals surface area contributed by atoms with E-state index in [-0.39, 0.29) is 6.42 Å². The van der Waals surface area contributed by atoms with E-state index < -0.39 is 11.6 Å². The van der Waals surface area contributed by atoms with Gasteiger partial charge < -0.3 is 14.7 Å². The molecule has 2 rings (SSSR count). The Bertz CT molecular complexity index is 498. The molecular formula is C13H15NO4. The highest BCUT2D eigenvalue weighted by Gasteiger charge is 2.42. The van der Waals surface area contributed by atoms with Gasteiger partial charge in [-0.25, -0.2) is 4.79 Å². The van der Waals surface area contributed by atoms with Crippen LogP contribution in [0.3, 0.4) is 0 Å². The molecule has 1 N–H and O–H groups in total. The fourth-order valence-electron chi connectivity index (χ4n) is 1.79. The predicted octanol–water partition coefficient (Wildman–Crippen LogP) is 2.05. The summed E-state index contributed by atoms with van der Waals surface area (Å²) in [6, 6.07) is 7.40. The normalized spacial score (nSPS) is 22.2. The van der Waals surface area contributed by atoms with Crippen molar-refractivity contribution >= 4 is 11.7 Å². The van der Waals surface area contributed by atoms with Crippen LogP contribution in [-0.2, 0) is 9.63 Å². The number of hydrogen-bond acceptors (Lipinski definition) is 4. The fraction of sp³-hybridized carbons (Fsp3) is 0.385. The minimum Gasteiger partial charge on any atom is -0.493 e. The van der Waals surface area contributed by atoms with Crippen LogP contribution in [0, 0.1) is 0 Å². The molecule has 0 amide bonds. The molecule has 0 fully saturated rings. The number of carboxylic acids is 1. The summed E-state index contributed by atoms with van der Waals surface area (Å²) in [6.07, 6.45) is 0.229. The number of carbonyl (C=O) groups is 1. The van der Waals surface area contributed by atoms with E-state index in [1.807, 2.05) is 31.2 Å². The van der Waals surface area contributed by atoms with E-state index in [1.54, 1.807) is 0 Å². The zero-order valence-electron chi connectivity index (χ0n) is 10.3. The Labute approximate surface area is 105 Å². The molecule has 0 radical (unpaired) electrons. The van der Waals surface area contributed by atoms with Gasteiger partial charge in [0.2, 0.25) is 5.60 Å². The van der Waals surface area contributed by atoms with Gasteiger partial charge in [-0.1, -0.05) is 17.3 Å². The van der Waals surface area contributed by atoms with Crippen molar-refractivity contribution < 1.29 is 19.5 Å². The first-order chi connectivity index (χ1) is 8.57. The fourth-order valence-corrected chi connectivity index (χ4v) is 1.79. The Morgan fingerprint density at radius 1 is 1.56 bits per heavy atom. The van der Waals surface area contributed by atoms with Crippen LogP contribution in [0.2, 0.25) is 0 Å². The number of nitrogens with zero attached hydrogens (tertiary/aromatic N) is 1. The molecule has 1 aromatic carbocycles. The van der Waals surface area contributed by atoms with Gasteiger partial charge in [0.05, 0.1) is 12.3 Å². The zero-order valence-corrected chi connectivity index (χ0v) is 10.3. The van der Waals surface area contributed by atoms with E-state index in [9.17, 15) is 4.79 Å². The smallest absolute Gasteiger partial charge is 0.351 e. The molecule has 0 saturated heterocycles. The van der Waals surface area contributed by atoms with E-state index in [0.29, 0.717) is 18.1 Å². The largest absolute Gasteiger partial charge is 0.493 e. The van der Waals surface area contributed by atoms with Gasteiger partial charge in [0, 0.05) is 12.0 Å². The summed E-state index contributed by atoms with van der Waals surface area (Å²) in [7, 11) is 0. The average Bonchev–Trinajstić information content (AvgIpc) is 2.74. The Morgan fingerprint density at radius 2 is 2.28 bits per heavy atom. The van der Waals surface area contributed by atoms with Crippen molar-refractivity contribution in [3.8, 4) is 5.75 Å². The van der Waals surface area contributed by atoms with Gasteiger partial charge >= 0.3 is 5.97 Å². The minimum absolute atomic E-state index is 0.229. The molecule has 0 spiro atoms. The standard InChI is InChI=1S/C13H15NO4/c1-3-17-11-7-5-4-6-9(11)10-8-13(2,12(15)16)18-14-10/h4-7H,3,8H2,1-2H3,(H,15,16)/t13-/m0/s1. The molecule has 1 aromatic rings. The van der Waals surface area contributed by atoms with Crippen molar-refractivity contribution in [2.45, 2.75) is 25.9 Å². The summed E-state index contributed by atoms with van der Waals surface area (Å²) >= 11 is 0. The molecule has 1 atom stereocenters. The van der Waals surface area contributed by atoms with E-state index in [0.717, 1.165) is 5.56 Å². The van der Waals surface area contributed by atoms with Crippen molar-refractivity contribution in [2.75, 3.05) is 6.61 Å². The summed E-state index contributed by atoms with van der Waals surface area (Å²) in [5.41, 5.74) is 0.0996. The molecular weight excluding hydrogens is 234 g/mol. The van der Waals surface area contributed by atoms with Gasteiger partial charge in [-0.2, -0.15) is 0 Å². The Hall–Kier alpha value is -2.04. The number of benzene rings is 1. The van der Waals surface area contributed by atoms with Gasteiger partial charge in [-0.3, -0.25) is 0 Å². The number of oxime groups is 1. The number of hydrogen-bond donors (Lipinski definition) is 1. The summed E-state index contributed by atoms with van der Waals surface area (Å²) in [5, 5.41) is 13.0. The second-order valence-electron chi connectivity index (χ2n) is 4.27. The lowest BCUT2D eigenvalue weighted by atomic mass is 9.96. The van der Waals surface area contributed by atoms with Crippen LogP contribution in [0.4, 0.5) is 0 Å². The summed E-state index contributed by atoms with van der Waals surface area (Å²) < 4.78 is 5.49. The van der Waals surface area contributed by atoms with Gasteiger partial charge in [-0.15, -0.1) is 0 Å². The van der Waals surface area contributed by atoms with Gasteiger partial charge in [0.1, 0.15) is 5.75 Å². The van der Waals surface area contributed by atoms with Crippen LogP contribution < -0.4 is 4.74 Å². The lowest BCUT2D eigenvalue weighted by molar-refractivity contribution is -0.160. The van der Waals surface area contributed by atoms with Crippen LogP contribution >= 0.6 is 0 Å². The summed E-state index contributed by atoms with van der Waals surface area (Å²) in [6.45, 7) is 3.95. The predicted molar refractivity (Wildman–Crippen MR) is 65.9 cm³/mol. The van der Waals surface area contributed by atoms with E-state index >= 15 is 0 Å². The van der Waals surface area contributed by atoms with Gasteiger partial charge in [0.15, 0.2) is 0 Å². The lowest BCUT2D eigenvalue weighted by Crippen LogP contribution is -2.35. The first kappa shape index (κ1) is 12.4. The third-order valence-corrected chi connectivity index (χ3v) is 2.81. The third-order valence-electron chi connectivity index (χ3n) is 2.81. The molecule has 0 saturated carbocycles. The first-order valence-electron chi connectivity index (χ1n) is 5.77. The van der Waals surface area contributed by atoms with Crippen LogP contribution in [0.5, 0.6) is 5.75 Å². The monoisotopic (exact) mass is 249 g/mol. The van der Waals surface area contributed by atoms with Gasteiger partial charge in [-0.05, 0) is 26.0 Å². The van der Waals surface area contributed by atoms with Crippen molar-refractivity contribution in [2.24, 2.45) is 5.16 Å². The molecule has 0 unspecified atom stereocenters. The van der Waals surface area contributed by atoms with Crippen LogP contribution in [0.15, 0.2) is 29.4 Å². The second kappa shape index (κ2) is 4.68. The van der Waals surface area contributed by atoms with Crippen LogP contribution in [0.25, 0.3) is 0 Å². The Kier molecular flexibility index (Phi) is 3.23. The van der Waals surface area contributed by atoms with Gasteiger partial charge in [0.25, 0.3) is 0 Å². The molecule has 18 heavy (non-hydrogen) atoms. The van der Waals surface area contributed by atoms with E-state index in [1.165, 1.54) is 6.92 Å². The Morgan fingerprint density at radius 3 is 2.89 bits per heavy atom. The Balaban J connectivity index is 2.27. The molecule has 0 aliphatic carbocycles. The first-order valence-corrected chi connectivity index (χ1v) is 5.77. The molecule has 1 heterocycles. The molecule has 0 bridgehead atoms.